The van der Waals surface area contributed by atoms with Crippen LogP contribution in [0.15, 0.2) is 5.10 Å². The summed E-state index contributed by atoms with van der Waals surface area (Å²) in [6.45, 7) is 3.26. The number of nitrogens with zero attached hydrogens (tertiary/aromatic N) is 4. The Morgan fingerprint density at radius 2 is 2.17 bits per heavy atom. The molecule has 1 unspecified atom stereocenters. The number of nitrogens with one attached hydrogen (secondary N) is 2. The van der Waals surface area contributed by atoms with Gasteiger partial charge in [-0.25, -0.2) is 4.79 Å². The molecule has 1 saturated heterocycles. The van der Waals surface area contributed by atoms with Crippen molar-refractivity contribution in [3.63, 3.8) is 0 Å². The average molecular weight is 255 g/mol. The maximum Gasteiger partial charge on any atom is 0.327 e. The fourth-order valence-electron chi connectivity index (χ4n) is 1.91. The van der Waals surface area contributed by atoms with Gasteiger partial charge in [0.05, 0.1) is 6.54 Å². The molecule has 0 aliphatic carbocycles. The predicted molar refractivity (Wildman–Crippen MR) is 64.8 cm³/mol. The number of quaternary nitrogens is 1. The number of hydrazine groups is 1. The molecule has 2 rings (SSSR count). The summed E-state index contributed by atoms with van der Waals surface area (Å²) < 4.78 is 0.269. The van der Waals surface area contributed by atoms with Gasteiger partial charge in [-0.1, -0.05) is 6.92 Å². The lowest BCUT2D eigenvalue weighted by molar-refractivity contribution is -0.955. The number of carbonyl (C=O) groups excluding carboxylic acids is 2. The molecule has 2 aliphatic rings. The van der Waals surface area contributed by atoms with Crippen molar-refractivity contribution < 1.29 is 14.3 Å². The monoisotopic (exact) mass is 255 g/mol. The van der Waals surface area contributed by atoms with Gasteiger partial charge >= 0.3 is 6.03 Å². The second-order valence-corrected chi connectivity index (χ2v) is 4.66. The number of carbonyl (C=O) groups is 2. The highest BCUT2D eigenvalue weighted by Gasteiger charge is 2.36. The lowest BCUT2D eigenvalue weighted by Crippen LogP contribution is -2.54. The van der Waals surface area contributed by atoms with Gasteiger partial charge in [-0.3, -0.25) is 15.1 Å². The molecule has 0 bridgehead atoms. The minimum Gasteiger partial charge on any atom is -0.309 e. The van der Waals surface area contributed by atoms with E-state index in [4.69, 9.17) is 0 Å². The number of rotatable bonds is 4. The van der Waals surface area contributed by atoms with E-state index < -0.39 is 0 Å². The van der Waals surface area contributed by atoms with Crippen molar-refractivity contribution in [3.8, 4) is 0 Å². The van der Waals surface area contributed by atoms with Crippen molar-refractivity contribution in [1.82, 2.24) is 20.8 Å². The van der Waals surface area contributed by atoms with Gasteiger partial charge in [0, 0.05) is 13.5 Å². The number of amidine groups is 1. The molecule has 100 valence electrons. The first-order valence-electron chi connectivity index (χ1n) is 5.98. The maximum atomic E-state index is 11.7. The third kappa shape index (κ3) is 2.29. The van der Waals surface area contributed by atoms with Crippen LogP contribution in [0.3, 0.4) is 0 Å². The van der Waals surface area contributed by atoms with Crippen LogP contribution in [0.25, 0.3) is 0 Å². The van der Waals surface area contributed by atoms with Gasteiger partial charge in [0.1, 0.15) is 20.1 Å². The molecule has 0 aromatic heterocycles. The Morgan fingerprint density at radius 3 is 2.67 bits per heavy atom. The Bertz CT molecular complexity index is 409. The van der Waals surface area contributed by atoms with Crippen molar-refractivity contribution in [1.29, 1.82) is 0 Å². The van der Waals surface area contributed by atoms with Crippen LogP contribution in [0.5, 0.6) is 0 Å². The smallest absolute Gasteiger partial charge is 0.309 e. The molecule has 8 nitrogen and oxygen atoms in total. The number of imide groups is 1. The Morgan fingerprint density at radius 1 is 1.44 bits per heavy atom. The standard InChI is InChI=1S/C10H19N6O2/c1-4-8-11-13-16(3,12-8)6-5-15-7-9(17)14(2)10(15)18/h13H,4-7H2,1-3H3,(H,11,12)/q+1. The second-order valence-electron chi connectivity index (χ2n) is 4.66. The third-order valence-electron chi connectivity index (χ3n) is 3.18. The van der Waals surface area contributed by atoms with Gasteiger partial charge in [0.25, 0.3) is 0 Å². The number of amides is 3. The van der Waals surface area contributed by atoms with Crippen LogP contribution in [-0.4, -0.2) is 66.0 Å². The van der Waals surface area contributed by atoms with Crippen LogP contribution in [-0.2, 0) is 4.79 Å². The van der Waals surface area contributed by atoms with E-state index in [1.54, 1.807) is 0 Å². The zero-order chi connectivity index (χ0) is 13.3. The molecule has 1 atom stereocenters. The number of likely N-dealkylation sites (N-methyl/N-ethyl adjacent to an activating group) is 2. The first-order valence-corrected chi connectivity index (χ1v) is 5.98. The van der Waals surface area contributed by atoms with Crippen LogP contribution in [0.2, 0.25) is 0 Å². The van der Waals surface area contributed by atoms with Crippen LogP contribution in [0.1, 0.15) is 13.3 Å². The molecule has 2 aliphatic heterocycles. The lowest BCUT2D eigenvalue weighted by atomic mass is 10.5. The summed E-state index contributed by atoms with van der Waals surface area (Å²) in [4.78, 5) is 25.8. The van der Waals surface area contributed by atoms with Gasteiger partial charge in [-0.05, 0) is 10.6 Å². The van der Waals surface area contributed by atoms with E-state index in [-0.39, 0.29) is 23.2 Å². The van der Waals surface area contributed by atoms with Crippen LogP contribution in [0.4, 0.5) is 4.79 Å². The van der Waals surface area contributed by atoms with E-state index in [0.717, 1.165) is 17.2 Å². The summed E-state index contributed by atoms with van der Waals surface area (Å²) in [5.41, 5.74) is 6.03. The Hall–Kier alpha value is -1.67. The average Bonchev–Trinajstić information content (AvgIpc) is 2.84. The molecule has 0 aromatic carbocycles. The van der Waals surface area contributed by atoms with Crippen molar-refractivity contribution in [2.75, 3.05) is 33.7 Å². The minimum absolute atomic E-state index is 0.159. The lowest BCUT2D eigenvalue weighted by Gasteiger charge is -2.23. The fourth-order valence-corrected chi connectivity index (χ4v) is 1.91. The van der Waals surface area contributed by atoms with Gasteiger partial charge in [-0.15, -0.1) is 4.70 Å². The molecule has 0 aromatic rings. The van der Waals surface area contributed by atoms with E-state index in [2.05, 4.69) is 16.1 Å². The van der Waals surface area contributed by atoms with E-state index in [9.17, 15) is 9.59 Å². The summed E-state index contributed by atoms with van der Waals surface area (Å²) >= 11 is 0. The number of urea groups is 1. The first-order chi connectivity index (χ1) is 8.45. The molecule has 3 amide bonds. The SMILES string of the molecule is CCC1=N[N+](C)(CCN2CC(=O)N(C)C2=O)NN1. The first kappa shape index (κ1) is 12.8. The van der Waals surface area contributed by atoms with E-state index in [1.807, 2.05) is 14.0 Å². The van der Waals surface area contributed by atoms with E-state index in [0.29, 0.717) is 13.1 Å². The molecule has 0 radical (unpaired) electrons. The van der Waals surface area contributed by atoms with Crippen molar-refractivity contribution in [2.24, 2.45) is 5.10 Å². The van der Waals surface area contributed by atoms with Crippen LogP contribution >= 0.6 is 0 Å². The molecular weight excluding hydrogens is 236 g/mol. The molecule has 0 saturated carbocycles. The third-order valence-corrected chi connectivity index (χ3v) is 3.18. The van der Waals surface area contributed by atoms with Gasteiger partial charge in [-0.2, -0.15) is 0 Å². The van der Waals surface area contributed by atoms with Gasteiger partial charge in [0.15, 0.2) is 5.84 Å². The van der Waals surface area contributed by atoms with Crippen LogP contribution < -0.4 is 11.0 Å². The molecule has 18 heavy (non-hydrogen) atoms. The highest BCUT2D eigenvalue weighted by Crippen LogP contribution is 2.10. The summed E-state index contributed by atoms with van der Waals surface area (Å²) in [6.07, 6.45) is 0.824. The quantitative estimate of drug-likeness (QED) is 0.503. The number of hydrogen-bond donors (Lipinski definition) is 2. The topological polar surface area (TPSA) is 77.0 Å². The maximum absolute atomic E-state index is 11.7. The predicted octanol–water partition coefficient (Wildman–Crippen LogP) is -0.927. The largest absolute Gasteiger partial charge is 0.327 e. The molecular formula is C10H19N6O2+. The summed E-state index contributed by atoms with van der Waals surface area (Å²) in [5, 5.41) is 4.46. The van der Waals surface area contributed by atoms with Gasteiger partial charge < -0.3 is 4.90 Å². The zero-order valence-electron chi connectivity index (χ0n) is 10.9. The Balaban J connectivity index is 1.91. The summed E-state index contributed by atoms with van der Waals surface area (Å²) in [6, 6.07) is -0.238. The van der Waals surface area contributed by atoms with Crippen molar-refractivity contribution in [3.05, 3.63) is 0 Å². The normalized spacial score (nSPS) is 27.8. The Kier molecular flexibility index (Phi) is 3.22. The summed E-state index contributed by atoms with van der Waals surface area (Å²) in [5.74, 6) is 0.728. The second kappa shape index (κ2) is 4.54. The van der Waals surface area contributed by atoms with Crippen molar-refractivity contribution >= 4 is 17.8 Å². The van der Waals surface area contributed by atoms with E-state index >= 15 is 0 Å². The Labute approximate surface area is 106 Å². The molecule has 8 heteroatoms. The molecule has 1 fully saturated rings. The summed E-state index contributed by atoms with van der Waals surface area (Å²) in [7, 11) is 3.41. The molecule has 0 spiro atoms. The fraction of sp³-hybridized carbons (Fsp3) is 0.700. The van der Waals surface area contributed by atoms with E-state index in [1.165, 1.54) is 11.9 Å². The number of hydrogen-bond acceptors (Lipinski definition) is 5. The van der Waals surface area contributed by atoms with Gasteiger partial charge in [0.2, 0.25) is 5.91 Å². The highest BCUT2D eigenvalue weighted by atomic mass is 16.2. The molecule has 2 heterocycles. The van der Waals surface area contributed by atoms with Crippen LogP contribution in [0, 0.1) is 0 Å². The van der Waals surface area contributed by atoms with Crippen molar-refractivity contribution in [2.45, 2.75) is 13.3 Å². The molecule has 2 N–H and O–H groups in total. The minimum atomic E-state index is -0.238. The zero-order valence-corrected chi connectivity index (χ0v) is 10.9. The highest BCUT2D eigenvalue weighted by molar-refractivity contribution is 6.01.